The number of hydrogen-bond donors (Lipinski definition) is 1. The first kappa shape index (κ1) is 13.5. The summed E-state index contributed by atoms with van der Waals surface area (Å²) in [6.07, 6.45) is -1.22. The molecule has 0 saturated carbocycles. The Labute approximate surface area is 123 Å². The summed E-state index contributed by atoms with van der Waals surface area (Å²) in [7, 11) is 0. The van der Waals surface area contributed by atoms with Gasteiger partial charge >= 0.3 is 0 Å². The van der Waals surface area contributed by atoms with E-state index >= 15 is 0 Å². The summed E-state index contributed by atoms with van der Waals surface area (Å²) in [5.41, 5.74) is 0.867. The maximum atomic E-state index is 13.9. The van der Waals surface area contributed by atoms with Gasteiger partial charge in [0.2, 0.25) is 0 Å². The Morgan fingerprint density at radius 1 is 1.10 bits per heavy atom. The Morgan fingerprint density at radius 3 is 2.70 bits per heavy atom. The molecule has 5 heteroatoms. The molecule has 1 aliphatic rings. The highest BCUT2D eigenvalue weighted by Crippen LogP contribution is 2.41. The van der Waals surface area contributed by atoms with Gasteiger partial charge in [0, 0.05) is 28.1 Å². The smallest absolute Gasteiger partial charge is 0.130 e. The number of ether oxygens (including phenoxy) is 1. The fourth-order valence-corrected chi connectivity index (χ4v) is 2.75. The quantitative estimate of drug-likeness (QED) is 0.839. The van der Waals surface area contributed by atoms with E-state index in [1.165, 1.54) is 24.3 Å². The third-order valence-electron chi connectivity index (χ3n) is 3.35. The van der Waals surface area contributed by atoms with Crippen LogP contribution < -0.4 is 4.74 Å². The van der Waals surface area contributed by atoms with Crippen molar-refractivity contribution >= 4 is 15.9 Å². The Morgan fingerprint density at radius 2 is 1.90 bits per heavy atom. The number of rotatable bonds is 1. The first-order valence-corrected chi connectivity index (χ1v) is 6.93. The van der Waals surface area contributed by atoms with E-state index in [1.807, 2.05) is 0 Å². The molecular weight excluding hydrogens is 330 g/mol. The summed E-state index contributed by atoms with van der Waals surface area (Å²) in [6, 6.07) is 8.49. The number of hydrogen-bond acceptors (Lipinski definition) is 2. The van der Waals surface area contributed by atoms with E-state index in [-0.39, 0.29) is 12.2 Å². The molecule has 0 fully saturated rings. The first-order chi connectivity index (χ1) is 9.54. The number of halogens is 3. The van der Waals surface area contributed by atoms with E-state index in [1.54, 1.807) is 12.1 Å². The standard InChI is InChI=1S/C15H11BrF2O2/c16-8-1-4-12(18)11(5-8)15-7-13(19)10-3-2-9(17)6-14(10)20-15/h1-6,13,15,19H,7H2/t13-,15?/m0/s1. The second-order valence-electron chi connectivity index (χ2n) is 4.71. The zero-order valence-electron chi connectivity index (χ0n) is 10.3. The van der Waals surface area contributed by atoms with Crippen LogP contribution in [0.5, 0.6) is 5.75 Å². The van der Waals surface area contributed by atoms with Gasteiger partial charge in [-0.2, -0.15) is 0 Å². The van der Waals surface area contributed by atoms with Crippen LogP contribution in [0.15, 0.2) is 40.9 Å². The molecule has 0 aromatic heterocycles. The van der Waals surface area contributed by atoms with Gasteiger partial charge in [-0.15, -0.1) is 0 Å². The lowest BCUT2D eigenvalue weighted by Gasteiger charge is -2.30. The van der Waals surface area contributed by atoms with Crippen molar-refractivity contribution in [1.29, 1.82) is 0 Å². The Balaban J connectivity index is 2.00. The summed E-state index contributed by atoms with van der Waals surface area (Å²) < 4.78 is 33.5. The summed E-state index contributed by atoms with van der Waals surface area (Å²) in [6.45, 7) is 0. The van der Waals surface area contributed by atoms with Crippen molar-refractivity contribution in [2.24, 2.45) is 0 Å². The lowest BCUT2D eigenvalue weighted by Crippen LogP contribution is -2.20. The highest BCUT2D eigenvalue weighted by atomic mass is 79.9. The molecule has 2 nitrogen and oxygen atoms in total. The fraction of sp³-hybridized carbons (Fsp3) is 0.200. The van der Waals surface area contributed by atoms with Crippen LogP contribution in [-0.4, -0.2) is 5.11 Å². The number of fused-ring (bicyclic) bond motifs is 1. The second kappa shape index (κ2) is 5.14. The predicted octanol–water partition coefficient (Wildman–Crippen LogP) is 4.28. The summed E-state index contributed by atoms with van der Waals surface area (Å²) >= 11 is 3.28. The zero-order chi connectivity index (χ0) is 14.3. The van der Waals surface area contributed by atoms with Crippen molar-refractivity contribution in [3.05, 3.63) is 63.6 Å². The molecule has 0 saturated heterocycles. The average molecular weight is 341 g/mol. The van der Waals surface area contributed by atoms with Crippen molar-refractivity contribution in [2.45, 2.75) is 18.6 Å². The summed E-state index contributed by atoms with van der Waals surface area (Å²) in [4.78, 5) is 0. The van der Waals surface area contributed by atoms with Crippen LogP contribution >= 0.6 is 15.9 Å². The predicted molar refractivity (Wildman–Crippen MR) is 73.4 cm³/mol. The van der Waals surface area contributed by atoms with Gasteiger partial charge in [0.25, 0.3) is 0 Å². The molecule has 1 heterocycles. The molecule has 0 aliphatic carbocycles. The number of benzene rings is 2. The highest BCUT2D eigenvalue weighted by molar-refractivity contribution is 9.10. The van der Waals surface area contributed by atoms with Gasteiger partial charge in [-0.05, 0) is 30.3 Å². The van der Waals surface area contributed by atoms with Crippen LogP contribution in [0.4, 0.5) is 8.78 Å². The number of aliphatic hydroxyl groups excluding tert-OH is 1. The first-order valence-electron chi connectivity index (χ1n) is 6.13. The largest absolute Gasteiger partial charge is 0.485 e. The van der Waals surface area contributed by atoms with Gasteiger partial charge in [-0.3, -0.25) is 0 Å². The molecule has 0 radical (unpaired) electrons. The van der Waals surface area contributed by atoms with Gasteiger partial charge in [-0.25, -0.2) is 8.78 Å². The average Bonchev–Trinajstić information content (AvgIpc) is 2.41. The summed E-state index contributed by atoms with van der Waals surface area (Å²) in [5.74, 6) is -0.607. The minimum atomic E-state index is -0.803. The van der Waals surface area contributed by atoms with Crippen LogP contribution in [0.1, 0.15) is 29.8 Å². The SMILES string of the molecule is O[C@H]1CC(c2cc(Br)ccc2F)Oc2cc(F)ccc21. The molecule has 104 valence electrons. The molecular formula is C15H11BrF2O2. The molecule has 0 amide bonds. The van der Waals surface area contributed by atoms with Crippen molar-refractivity contribution in [1.82, 2.24) is 0 Å². The Bertz CT molecular complexity index is 660. The minimum absolute atomic E-state index is 0.228. The van der Waals surface area contributed by atoms with E-state index in [9.17, 15) is 13.9 Å². The third-order valence-corrected chi connectivity index (χ3v) is 3.84. The second-order valence-corrected chi connectivity index (χ2v) is 5.62. The molecule has 0 spiro atoms. The topological polar surface area (TPSA) is 29.5 Å². The maximum Gasteiger partial charge on any atom is 0.130 e. The molecule has 20 heavy (non-hydrogen) atoms. The van der Waals surface area contributed by atoms with E-state index in [0.717, 1.165) is 4.47 Å². The molecule has 2 aromatic carbocycles. The normalized spacial score (nSPS) is 21.2. The van der Waals surface area contributed by atoms with Crippen molar-refractivity contribution in [3.63, 3.8) is 0 Å². The van der Waals surface area contributed by atoms with Crippen molar-refractivity contribution in [3.8, 4) is 5.75 Å². The molecule has 1 aliphatic heterocycles. The highest BCUT2D eigenvalue weighted by Gasteiger charge is 2.30. The molecule has 0 bridgehead atoms. The zero-order valence-corrected chi connectivity index (χ0v) is 11.9. The maximum absolute atomic E-state index is 13.9. The molecule has 2 aromatic rings. The Kier molecular flexibility index (Phi) is 3.48. The van der Waals surface area contributed by atoms with Crippen LogP contribution in [0.3, 0.4) is 0 Å². The van der Waals surface area contributed by atoms with Crippen LogP contribution in [0, 0.1) is 11.6 Å². The van der Waals surface area contributed by atoms with E-state index in [4.69, 9.17) is 4.74 Å². The van der Waals surface area contributed by atoms with E-state index in [0.29, 0.717) is 11.1 Å². The van der Waals surface area contributed by atoms with Crippen LogP contribution in [0.2, 0.25) is 0 Å². The van der Waals surface area contributed by atoms with Gasteiger partial charge in [0.15, 0.2) is 0 Å². The lowest BCUT2D eigenvalue weighted by atomic mass is 9.95. The van der Waals surface area contributed by atoms with Crippen molar-refractivity contribution in [2.75, 3.05) is 0 Å². The number of aliphatic hydroxyl groups is 1. The molecule has 1 N–H and O–H groups in total. The molecule has 3 rings (SSSR count). The van der Waals surface area contributed by atoms with Crippen LogP contribution in [0.25, 0.3) is 0 Å². The molecule has 2 atom stereocenters. The molecule has 1 unspecified atom stereocenters. The van der Waals surface area contributed by atoms with Gasteiger partial charge in [-0.1, -0.05) is 15.9 Å². The lowest BCUT2D eigenvalue weighted by molar-refractivity contribution is 0.0636. The van der Waals surface area contributed by atoms with E-state index in [2.05, 4.69) is 15.9 Å². The van der Waals surface area contributed by atoms with Gasteiger partial charge in [0.05, 0.1) is 6.10 Å². The van der Waals surface area contributed by atoms with Crippen molar-refractivity contribution < 1.29 is 18.6 Å². The Hall–Kier alpha value is -1.46. The minimum Gasteiger partial charge on any atom is -0.485 e. The monoisotopic (exact) mass is 340 g/mol. The van der Waals surface area contributed by atoms with Gasteiger partial charge < -0.3 is 9.84 Å². The third kappa shape index (κ3) is 2.43. The summed E-state index contributed by atoms with van der Waals surface area (Å²) in [5, 5.41) is 10.1. The van der Waals surface area contributed by atoms with E-state index < -0.39 is 23.8 Å². The van der Waals surface area contributed by atoms with Gasteiger partial charge in [0.1, 0.15) is 23.5 Å². The fourth-order valence-electron chi connectivity index (χ4n) is 2.37. The van der Waals surface area contributed by atoms with Crippen LogP contribution in [-0.2, 0) is 0 Å².